The van der Waals surface area contributed by atoms with E-state index in [-0.39, 0.29) is 42.9 Å². The molecule has 0 radical (unpaired) electrons. The van der Waals surface area contributed by atoms with E-state index in [9.17, 15) is 18.4 Å². The third-order valence-corrected chi connectivity index (χ3v) is 3.43. The predicted octanol–water partition coefficient (Wildman–Crippen LogP) is -0.0463. The molecule has 26 heavy (non-hydrogen) atoms. The third-order valence-electron chi connectivity index (χ3n) is 3.43. The highest BCUT2D eigenvalue weighted by Gasteiger charge is 2.15. The number of hydrogen-bond donors (Lipinski definition) is 3. The van der Waals surface area contributed by atoms with Gasteiger partial charge in [-0.2, -0.15) is 8.78 Å². The molecule has 9 heteroatoms. The van der Waals surface area contributed by atoms with Crippen molar-refractivity contribution in [2.45, 2.75) is 26.5 Å². The number of benzene rings is 1. The smallest absolute Gasteiger partial charge is 0.387 e. The molecule has 7 nitrogen and oxygen atoms in total. The van der Waals surface area contributed by atoms with E-state index < -0.39 is 6.61 Å². The van der Waals surface area contributed by atoms with Gasteiger partial charge in [0.25, 0.3) is 11.8 Å². The van der Waals surface area contributed by atoms with Crippen LogP contribution in [0.5, 0.6) is 11.5 Å². The second-order valence-electron chi connectivity index (χ2n) is 5.80. The largest absolute Gasteiger partial charge is 0.493 e. The average Bonchev–Trinajstić information content (AvgIpc) is 2.58. The Balaban J connectivity index is 2.47. The first-order valence-corrected chi connectivity index (χ1v) is 8.32. The number of carbonyl (C=O) groups is 2. The Morgan fingerprint density at radius 3 is 2.38 bits per heavy atom. The van der Waals surface area contributed by atoms with Gasteiger partial charge in [-0.3, -0.25) is 9.59 Å². The summed E-state index contributed by atoms with van der Waals surface area (Å²) in [4.78, 5) is 24.3. The minimum absolute atomic E-state index is 0.0696. The van der Waals surface area contributed by atoms with Gasteiger partial charge in [0, 0.05) is 13.1 Å². The molecule has 1 aromatic carbocycles. The molecule has 2 amide bonds. The minimum Gasteiger partial charge on any atom is -0.493 e. The number of quaternary nitrogens is 1. The zero-order valence-corrected chi connectivity index (χ0v) is 15.2. The summed E-state index contributed by atoms with van der Waals surface area (Å²) in [6.07, 6.45) is 0.857. The van der Waals surface area contributed by atoms with Crippen molar-refractivity contribution in [3.8, 4) is 11.5 Å². The van der Waals surface area contributed by atoms with Crippen molar-refractivity contribution in [2.75, 3.05) is 33.8 Å². The van der Waals surface area contributed by atoms with Gasteiger partial charge in [-0.15, -0.1) is 0 Å². The minimum atomic E-state index is -2.94. The van der Waals surface area contributed by atoms with Crippen molar-refractivity contribution in [1.29, 1.82) is 0 Å². The van der Waals surface area contributed by atoms with Crippen molar-refractivity contribution in [2.24, 2.45) is 0 Å². The highest BCUT2D eigenvalue weighted by atomic mass is 19.3. The van der Waals surface area contributed by atoms with Crippen LogP contribution < -0.4 is 25.0 Å². The van der Waals surface area contributed by atoms with Crippen molar-refractivity contribution >= 4 is 11.8 Å². The number of rotatable bonds is 11. The van der Waals surface area contributed by atoms with Crippen LogP contribution in [0.4, 0.5) is 8.78 Å². The molecule has 0 fully saturated rings. The summed E-state index contributed by atoms with van der Waals surface area (Å²) in [6.45, 7) is 0.197. The summed E-state index contributed by atoms with van der Waals surface area (Å²) < 4.78 is 34.0. The van der Waals surface area contributed by atoms with Crippen molar-refractivity contribution in [3.63, 3.8) is 0 Å². The second kappa shape index (κ2) is 11.2. The lowest BCUT2D eigenvalue weighted by Crippen LogP contribution is -3.11. The van der Waals surface area contributed by atoms with Gasteiger partial charge in [0.15, 0.2) is 24.6 Å². The molecular formula is C17H26F2N3O4+. The van der Waals surface area contributed by atoms with E-state index in [1.54, 1.807) is 13.1 Å². The Morgan fingerprint density at radius 2 is 1.81 bits per heavy atom. The predicted molar refractivity (Wildman–Crippen MR) is 91.4 cm³/mol. The van der Waals surface area contributed by atoms with E-state index in [1.807, 2.05) is 6.92 Å². The lowest BCUT2D eigenvalue weighted by atomic mass is 10.2. The topological polar surface area (TPSA) is 81.1 Å². The number of halogens is 2. The van der Waals surface area contributed by atoms with E-state index >= 15 is 0 Å². The van der Waals surface area contributed by atoms with Gasteiger partial charge in [-0.1, -0.05) is 13.0 Å². The first kappa shape index (κ1) is 21.6. The van der Waals surface area contributed by atoms with Gasteiger partial charge in [-0.05, 0) is 24.1 Å². The molecular weight excluding hydrogens is 348 g/mol. The summed E-state index contributed by atoms with van der Waals surface area (Å²) in [5, 5.41) is 5.48. The molecule has 1 rings (SSSR count). The second-order valence-corrected chi connectivity index (χ2v) is 5.80. The van der Waals surface area contributed by atoms with E-state index in [0.29, 0.717) is 12.1 Å². The zero-order valence-electron chi connectivity index (χ0n) is 15.2. The van der Waals surface area contributed by atoms with Gasteiger partial charge in [0.2, 0.25) is 0 Å². The van der Waals surface area contributed by atoms with Crippen molar-refractivity contribution < 1.29 is 32.7 Å². The number of amides is 2. The molecule has 1 atom stereocenters. The molecule has 3 N–H and O–H groups in total. The highest BCUT2D eigenvalue weighted by molar-refractivity contribution is 5.78. The summed E-state index contributed by atoms with van der Waals surface area (Å²) in [6, 6.07) is 4.45. The van der Waals surface area contributed by atoms with Crippen LogP contribution in [-0.2, 0) is 16.1 Å². The fourth-order valence-corrected chi connectivity index (χ4v) is 2.22. The van der Waals surface area contributed by atoms with Crippen LogP contribution in [-0.4, -0.2) is 52.2 Å². The average molecular weight is 374 g/mol. The molecule has 1 unspecified atom stereocenters. The number of ether oxygens (including phenoxy) is 2. The van der Waals surface area contributed by atoms with Crippen LogP contribution >= 0.6 is 0 Å². The van der Waals surface area contributed by atoms with Crippen LogP contribution in [0.25, 0.3) is 0 Å². The van der Waals surface area contributed by atoms with E-state index in [4.69, 9.17) is 4.74 Å². The van der Waals surface area contributed by atoms with Gasteiger partial charge < -0.3 is 25.0 Å². The molecule has 0 aromatic heterocycles. The molecule has 0 saturated carbocycles. The number of methoxy groups -OCH3 is 1. The molecule has 0 aliphatic rings. The first-order valence-electron chi connectivity index (χ1n) is 8.32. The van der Waals surface area contributed by atoms with Crippen LogP contribution in [0.3, 0.4) is 0 Å². The summed E-state index contributed by atoms with van der Waals surface area (Å²) in [7, 11) is 3.10. The van der Waals surface area contributed by atoms with Gasteiger partial charge in [0.05, 0.1) is 14.2 Å². The quantitative estimate of drug-likeness (QED) is 0.508. The number of nitrogens with one attached hydrogen (secondary N) is 3. The first-order chi connectivity index (χ1) is 12.3. The molecule has 0 aliphatic carbocycles. The normalized spacial score (nSPS) is 11.8. The highest BCUT2D eigenvalue weighted by Crippen LogP contribution is 2.29. The maximum absolute atomic E-state index is 12.3. The Bertz CT molecular complexity index is 599. The van der Waals surface area contributed by atoms with Crippen LogP contribution in [0.1, 0.15) is 18.9 Å². The van der Waals surface area contributed by atoms with Gasteiger partial charge in [0.1, 0.15) is 0 Å². The van der Waals surface area contributed by atoms with E-state index in [2.05, 4.69) is 15.4 Å². The maximum Gasteiger partial charge on any atom is 0.387 e. The summed E-state index contributed by atoms with van der Waals surface area (Å²) in [5.41, 5.74) is 0.676. The lowest BCUT2D eigenvalue weighted by Gasteiger charge is -2.14. The van der Waals surface area contributed by atoms with Gasteiger partial charge >= 0.3 is 6.61 Å². The molecule has 146 valence electrons. The molecule has 1 aromatic rings. The Kier molecular flexibility index (Phi) is 9.35. The fourth-order valence-electron chi connectivity index (χ4n) is 2.22. The zero-order chi connectivity index (χ0) is 19.5. The van der Waals surface area contributed by atoms with Crippen molar-refractivity contribution in [1.82, 2.24) is 10.6 Å². The standard InChI is InChI=1S/C17H25F2N3O4/c1-4-7-20-15(23)10-22(2)11-16(24)21-9-12-5-6-13(26-17(18)19)14(8-12)25-3/h5-6,8,17H,4,7,9-11H2,1-3H3,(H,20,23)(H,21,24)/p+1. The van der Waals surface area contributed by atoms with E-state index in [1.165, 1.54) is 19.2 Å². The molecule has 0 bridgehead atoms. The molecule has 0 spiro atoms. The number of carbonyl (C=O) groups excluding carboxylic acids is 2. The number of hydrogen-bond acceptors (Lipinski definition) is 4. The SMILES string of the molecule is CCCNC(=O)C[NH+](C)CC(=O)NCc1ccc(OC(F)F)c(OC)c1. The summed E-state index contributed by atoms with van der Waals surface area (Å²) >= 11 is 0. The maximum atomic E-state index is 12.3. The fraction of sp³-hybridized carbons (Fsp3) is 0.529. The Hall–Kier alpha value is -2.42. The van der Waals surface area contributed by atoms with Crippen molar-refractivity contribution in [3.05, 3.63) is 23.8 Å². The molecule has 0 heterocycles. The summed E-state index contributed by atoms with van der Waals surface area (Å²) in [5.74, 6) is -0.235. The third kappa shape index (κ3) is 8.11. The number of likely N-dealkylation sites (N-methyl/N-ethyl adjacent to an activating group) is 1. The van der Waals surface area contributed by atoms with Crippen LogP contribution in [0.2, 0.25) is 0 Å². The molecule has 0 saturated heterocycles. The Labute approximate surface area is 151 Å². The monoisotopic (exact) mass is 374 g/mol. The lowest BCUT2D eigenvalue weighted by molar-refractivity contribution is -0.862. The van der Waals surface area contributed by atoms with Crippen LogP contribution in [0, 0.1) is 0 Å². The number of alkyl halides is 2. The van der Waals surface area contributed by atoms with Gasteiger partial charge in [-0.25, -0.2) is 0 Å². The van der Waals surface area contributed by atoms with E-state index in [0.717, 1.165) is 11.3 Å². The van der Waals surface area contributed by atoms with Crippen LogP contribution in [0.15, 0.2) is 18.2 Å². The molecule has 0 aliphatic heterocycles. The Morgan fingerprint density at radius 1 is 1.15 bits per heavy atom.